The number of halogens is 1. The van der Waals surface area contributed by atoms with Crippen molar-refractivity contribution in [3.05, 3.63) is 27.3 Å². The van der Waals surface area contributed by atoms with Gasteiger partial charge in [0.1, 0.15) is 36.5 Å². The number of ether oxygens (including phenoxy) is 4. The van der Waals surface area contributed by atoms with E-state index in [1.807, 2.05) is 25.1 Å². The Balaban J connectivity index is 2.27. The van der Waals surface area contributed by atoms with Gasteiger partial charge in [-0.25, -0.2) is 0 Å². The molecule has 1 heterocycles. The van der Waals surface area contributed by atoms with Crippen LogP contribution in [0.2, 0.25) is 0 Å². The maximum absolute atomic E-state index is 10.8. The van der Waals surface area contributed by atoms with Gasteiger partial charge in [-0.3, -0.25) is 0 Å². The molecule has 1 aromatic carbocycles. The fourth-order valence-corrected chi connectivity index (χ4v) is 3.65. The fraction of sp³-hybridized carbons (Fsp3) is 0.625. The average molecular weight is 438 g/mol. The largest absolute Gasteiger partial charge is 0.496 e. The van der Waals surface area contributed by atoms with Gasteiger partial charge in [0.2, 0.25) is 0 Å². The maximum Gasteiger partial charge on any atom is 0.146 e. The van der Waals surface area contributed by atoms with Crippen molar-refractivity contribution < 1.29 is 29.2 Å². The van der Waals surface area contributed by atoms with Gasteiger partial charge < -0.3 is 29.2 Å². The summed E-state index contributed by atoms with van der Waals surface area (Å²) in [6.45, 7) is 3.38. The van der Waals surface area contributed by atoms with E-state index >= 15 is 0 Å². The molecule has 130 valence electrons. The summed E-state index contributed by atoms with van der Waals surface area (Å²) in [6.07, 6.45) is -2.88. The molecule has 5 atom stereocenters. The number of hydrogen-bond acceptors (Lipinski definition) is 6. The Morgan fingerprint density at radius 1 is 1.35 bits per heavy atom. The minimum absolute atomic E-state index is 0.0202. The summed E-state index contributed by atoms with van der Waals surface area (Å²) in [5.74, 6) is 0.751. The summed E-state index contributed by atoms with van der Waals surface area (Å²) in [6, 6.07) is 5.53. The van der Waals surface area contributed by atoms with Crippen molar-refractivity contribution in [2.24, 2.45) is 0 Å². The van der Waals surface area contributed by atoms with Crippen molar-refractivity contribution in [1.82, 2.24) is 0 Å². The minimum atomic E-state index is -1.47. The predicted molar refractivity (Wildman–Crippen MR) is 92.4 cm³/mol. The second-order valence-corrected chi connectivity index (χ2v) is 6.98. The molecule has 1 fully saturated rings. The van der Waals surface area contributed by atoms with Crippen LogP contribution in [0.4, 0.5) is 0 Å². The zero-order chi connectivity index (χ0) is 17.2. The molecule has 1 aliphatic heterocycles. The van der Waals surface area contributed by atoms with E-state index in [1.54, 1.807) is 14.0 Å². The number of methoxy groups -OCH3 is 2. The van der Waals surface area contributed by atoms with E-state index in [9.17, 15) is 10.2 Å². The highest BCUT2D eigenvalue weighted by atomic mass is 127. The lowest BCUT2D eigenvalue weighted by atomic mass is 9.81. The van der Waals surface area contributed by atoms with Gasteiger partial charge >= 0.3 is 0 Å². The second-order valence-electron chi connectivity index (χ2n) is 5.82. The molecule has 0 bridgehead atoms. The minimum Gasteiger partial charge on any atom is -0.496 e. The zero-order valence-corrected chi connectivity index (χ0v) is 15.8. The van der Waals surface area contributed by atoms with E-state index < -0.39 is 30.0 Å². The Kier molecular flexibility index (Phi) is 6.26. The van der Waals surface area contributed by atoms with Crippen molar-refractivity contribution in [3.63, 3.8) is 0 Å². The highest BCUT2D eigenvalue weighted by Crippen LogP contribution is 2.40. The first kappa shape index (κ1) is 18.9. The third-order valence-corrected chi connectivity index (χ3v) is 4.96. The van der Waals surface area contributed by atoms with Gasteiger partial charge in [-0.2, -0.15) is 0 Å². The SMILES string of the molecule is COCO[C@H]1[C@@H](C)O[C@@H](c2ccc(OC)c(I)c2)[C@H](O)[C@]1(C)O. The predicted octanol–water partition coefficient (Wildman–Crippen LogP) is 1.86. The van der Waals surface area contributed by atoms with Crippen LogP contribution in [-0.4, -0.2) is 55.1 Å². The Bertz CT molecular complexity index is 535. The number of aliphatic hydroxyl groups is 2. The number of hydrogen-bond donors (Lipinski definition) is 2. The summed E-state index contributed by atoms with van der Waals surface area (Å²) in [4.78, 5) is 0. The highest BCUT2D eigenvalue weighted by Gasteiger charge is 2.52. The van der Waals surface area contributed by atoms with Gasteiger partial charge in [0.15, 0.2) is 0 Å². The lowest BCUT2D eigenvalue weighted by molar-refractivity contribution is -0.285. The summed E-state index contributed by atoms with van der Waals surface area (Å²) in [5, 5.41) is 21.4. The van der Waals surface area contributed by atoms with Crippen LogP contribution in [-0.2, 0) is 14.2 Å². The van der Waals surface area contributed by atoms with Crippen molar-refractivity contribution >= 4 is 22.6 Å². The second kappa shape index (κ2) is 7.62. The Hall–Kier alpha value is -0.450. The topological polar surface area (TPSA) is 77.4 Å². The van der Waals surface area contributed by atoms with Gasteiger partial charge in [-0.05, 0) is 54.1 Å². The van der Waals surface area contributed by atoms with Crippen molar-refractivity contribution in [2.45, 2.75) is 43.9 Å². The van der Waals surface area contributed by atoms with E-state index in [-0.39, 0.29) is 6.79 Å². The molecule has 7 heteroatoms. The Labute approximate surface area is 149 Å². The quantitative estimate of drug-likeness (QED) is 0.540. The zero-order valence-electron chi connectivity index (χ0n) is 13.7. The molecule has 6 nitrogen and oxygen atoms in total. The van der Waals surface area contributed by atoms with Crippen molar-refractivity contribution in [1.29, 1.82) is 0 Å². The third-order valence-electron chi connectivity index (χ3n) is 4.12. The van der Waals surface area contributed by atoms with Crippen LogP contribution in [0.5, 0.6) is 5.75 Å². The molecule has 0 aromatic heterocycles. The molecule has 1 aliphatic rings. The van der Waals surface area contributed by atoms with E-state index in [4.69, 9.17) is 18.9 Å². The molecule has 1 aromatic rings. The lowest BCUT2D eigenvalue weighted by Crippen LogP contribution is -2.62. The molecular weight excluding hydrogens is 415 g/mol. The highest BCUT2D eigenvalue weighted by molar-refractivity contribution is 14.1. The first-order chi connectivity index (χ1) is 10.8. The summed E-state index contributed by atoms with van der Waals surface area (Å²) < 4.78 is 22.5. The number of aliphatic hydroxyl groups excluding tert-OH is 1. The molecule has 23 heavy (non-hydrogen) atoms. The summed E-state index contributed by atoms with van der Waals surface area (Å²) in [7, 11) is 3.11. The maximum atomic E-state index is 10.8. The molecule has 2 N–H and O–H groups in total. The van der Waals surface area contributed by atoms with Crippen LogP contribution >= 0.6 is 22.6 Å². The van der Waals surface area contributed by atoms with Crippen molar-refractivity contribution in [2.75, 3.05) is 21.0 Å². The molecule has 1 saturated heterocycles. The van der Waals surface area contributed by atoms with Gasteiger partial charge in [0.25, 0.3) is 0 Å². The molecule has 0 spiro atoms. The van der Waals surface area contributed by atoms with E-state index in [1.165, 1.54) is 7.11 Å². The third kappa shape index (κ3) is 3.80. The monoisotopic (exact) mass is 438 g/mol. The standard InChI is InChI=1S/C16H23IO6/c1-9-15(22-8-20-3)16(2,19)14(18)13(23-9)10-5-6-12(21-4)11(17)7-10/h5-7,9,13-15,18-19H,8H2,1-4H3/t9-,13+,14+,15+,16+/m1/s1. The molecule has 2 rings (SSSR count). The summed E-state index contributed by atoms with van der Waals surface area (Å²) in [5.41, 5.74) is -0.688. The molecule has 0 unspecified atom stereocenters. The first-order valence-corrected chi connectivity index (χ1v) is 8.40. The Morgan fingerprint density at radius 2 is 2.04 bits per heavy atom. The molecule has 0 saturated carbocycles. The molecule has 0 amide bonds. The molecular formula is C16H23IO6. The van der Waals surface area contributed by atoms with E-state index in [2.05, 4.69) is 22.6 Å². The van der Waals surface area contributed by atoms with Crippen LogP contribution < -0.4 is 4.74 Å². The molecule has 0 aliphatic carbocycles. The van der Waals surface area contributed by atoms with Crippen LogP contribution in [0.15, 0.2) is 18.2 Å². The molecule has 0 radical (unpaired) electrons. The van der Waals surface area contributed by atoms with Crippen LogP contribution in [0.3, 0.4) is 0 Å². The van der Waals surface area contributed by atoms with Gasteiger partial charge in [-0.1, -0.05) is 6.07 Å². The average Bonchev–Trinajstić information content (AvgIpc) is 2.51. The lowest BCUT2D eigenvalue weighted by Gasteiger charge is -2.47. The Morgan fingerprint density at radius 3 is 2.61 bits per heavy atom. The number of rotatable bonds is 5. The van der Waals surface area contributed by atoms with Gasteiger partial charge in [0, 0.05) is 7.11 Å². The first-order valence-electron chi connectivity index (χ1n) is 7.32. The van der Waals surface area contributed by atoms with E-state index in [0.717, 1.165) is 14.9 Å². The van der Waals surface area contributed by atoms with Crippen molar-refractivity contribution in [3.8, 4) is 5.75 Å². The normalized spacial score (nSPS) is 34.4. The summed E-state index contributed by atoms with van der Waals surface area (Å²) >= 11 is 2.16. The fourth-order valence-electron chi connectivity index (χ4n) is 2.89. The number of benzene rings is 1. The smallest absolute Gasteiger partial charge is 0.146 e. The van der Waals surface area contributed by atoms with Crippen LogP contribution in [0.1, 0.15) is 25.5 Å². The van der Waals surface area contributed by atoms with Gasteiger partial charge in [0.05, 0.1) is 16.8 Å². The van der Waals surface area contributed by atoms with E-state index in [0.29, 0.717) is 0 Å². The van der Waals surface area contributed by atoms with Gasteiger partial charge in [-0.15, -0.1) is 0 Å². The van der Waals surface area contributed by atoms with Crippen LogP contribution in [0, 0.1) is 3.57 Å². The van der Waals surface area contributed by atoms with Crippen LogP contribution in [0.25, 0.3) is 0 Å².